The molecule has 2 aliphatic heterocycles. The number of nitrogens with zero attached hydrogens (tertiary/aromatic N) is 3. The van der Waals surface area contributed by atoms with Crippen LogP contribution in [0.25, 0.3) is 0 Å². The van der Waals surface area contributed by atoms with Crippen molar-refractivity contribution in [2.45, 2.75) is 19.0 Å². The van der Waals surface area contributed by atoms with Crippen molar-refractivity contribution in [3.63, 3.8) is 0 Å². The Hall–Kier alpha value is -3.29. The zero-order chi connectivity index (χ0) is 19.5. The lowest BCUT2D eigenvalue weighted by Crippen LogP contribution is -2.50. The van der Waals surface area contributed by atoms with Gasteiger partial charge in [0, 0.05) is 31.9 Å². The minimum Gasteiger partial charge on any atom is -0.467 e. The van der Waals surface area contributed by atoms with Crippen LogP contribution in [-0.2, 0) is 16.1 Å². The highest BCUT2D eigenvalue weighted by molar-refractivity contribution is 6.05. The standard InChI is InChI=1S/C20H22N4O4/c25-18(23-10-8-22(9-11-23)15-5-2-1-3-6-15)13-17-19(26)24(20(27)21-17)14-16-7-4-12-28-16/h1-7,12,17H,8-11,13-14H2,(H,21,27)/t17-/m0/s1. The Bertz CT molecular complexity index is 844. The Balaban J connectivity index is 1.30. The number of furan rings is 1. The third kappa shape index (κ3) is 3.71. The summed E-state index contributed by atoms with van der Waals surface area (Å²) < 4.78 is 5.20. The molecule has 146 valence electrons. The fourth-order valence-corrected chi connectivity index (χ4v) is 3.58. The summed E-state index contributed by atoms with van der Waals surface area (Å²) in [6, 6.07) is 12.2. The van der Waals surface area contributed by atoms with Crippen LogP contribution >= 0.6 is 0 Å². The van der Waals surface area contributed by atoms with Gasteiger partial charge in [0.1, 0.15) is 11.8 Å². The van der Waals surface area contributed by atoms with Gasteiger partial charge in [-0.25, -0.2) is 4.79 Å². The molecule has 8 nitrogen and oxygen atoms in total. The van der Waals surface area contributed by atoms with Gasteiger partial charge in [0.05, 0.1) is 19.2 Å². The maximum absolute atomic E-state index is 12.6. The minimum atomic E-state index is -0.817. The summed E-state index contributed by atoms with van der Waals surface area (Å²) >= 11 is 0. The number of piperazine rings is 1. The lowest BCUT2D eigenvalue weighted by Gasteiger charge is -2.36. The van der Waals surface area contributed by atoms with E-state index in [1.807, 2.05) is 18.2 Å². The SMILES string of the molecule is O=C(C[C@@H]1NC(=O)N(Cc2ccco2)C1=O)N1CCN(c2ccccc2)CC1. The molecule has 8 heteroatoms. The highest BCUT2D eigenvalue weighted by atomic mass is 16.3. The molecule has 2 aliphatic rings. The molecule has 1 N–H and O–H groups in total. The second-order valence-electron chi connectivity index (χ2n) is 6.91. The quantitative estimate of drug-likeness (QED) is 0.791. The molecule has 0 bridgehead atoms. The third-order valence-electron chi connectivity index (χ3n) is 5.13. The van der Waals surface area contributed by atoms with E-state index in [1.165, 1.54) is 6.26 Å². The van der Waals surface area contributed by atoms with Crippen molar-refractivity contribution >= 4 is 23.5 Å². The van der Waals surface area contributed by atoms with E-state index >= 15 is 0 Å². The van der Waals surface area contributed by atoms with E-state index in [2.05, 4.69) is 22.3 Å². The topological polar surface area (TPSA) is 86.1 Å². The number of amides is 4. The van der Waals surface area contributed by atoms with Crippen LogP contribution in [0.5, 0.6) is 0 Å². The van der Waals surface area contributed by atoms with Crippen LogP contribution in [0.3, 0.4) is 0 Å². The Morgan fingerprint density at radius 1 is 1.04 bits per heavy atom. The number of nitrogens with one attached hydrogen (secondary N) is 1. The van der Waals surface area contributed by atoms with Gasteiger partial charge in [-0.05, 0) is 24.3 Å². The van der Waals surface area contributed by atoms with Gasteiger partial charge in [0.25, 0.3) is 5.91 Å². The third-order valence-corrected chi connectivity index (χ3v) is 5.13. The first-order chi connectivity index (χ1) is 13.6. The Kier molecular flexibility index (Phi) is 5.01. The van der Waals surface area contributed by atoms with E-state index in [-0.39, 0.29) is 18.9 Å². The summed E-state index contributed by atoms with van der Waals surface area (Å²) in [4.78, 5) is 42.3. The van der Waals surface area contributed by atoms with Gasteiger partial charge in [-0.15, -0.1) is 0 Å². The molecule has 1 atom stereocenters. The predicted molar refractivity (Wildman–Crippen MR) is 101 cm³/mol. The molecule has 0 aliphatic carbocycles. The fourth-order valence-electron chi connectivity index (χ4n) is 3.58. The normalized spacial score (nSPS) is 19.9. The van der Waals surface area contributed by atoms with E-state index in [9.17, 15) is 14.4 Å². The number of benzene rings is 1. The van der Waals surface area contributed by atoms with Gasteiger partial charge in [-0.3, -0.25) is 14.5 Å². The second kappa shape index (κ2) is 7.75. The number of urea groups is 1. The lowest BCUT2D eigenvalue weighted by molar-refractivity contribution is -0.136. The van der Waals surface area contributed by atoms with Crippen molar-refractivity contribution in [1.82, 2.24) is 15.1 Å². The molecule has 1 aromatic carbocycles. The maximum Gasteiger partial charge on any atom is 0.325 e. The first kappa shape index (κ1) is 18.1. The molecule has 0 radical (unpaired) electrons. The number of rotatable bonds is 5. The van der Waals surface area contributed by atoms with Gasteiger partial charge in [-0.1, -0.05) is 18.2 Å². The molecule has 0 saturated carbocycles. The molecule has 4 rings (SSSR count). The van der Waals surface area contributed by atoms with Crippen molar-refractivity contribution in [3.05, 3.63) is 54.5 Å². The molecule has 2 fully saturated rings. The summed E-state index contributed by atoms with van der Waals surface area (Å²) in [5, 5.41) is 2.61. The van der Waals surface area contributed by atoms with E-state index in [1.54, 1.807) is 17.0 Å². The van der Waals surface area contributed by atoms with Gasteiger partial charge in [-0.2, -0.15) is 0 Å². The summed E-state index contributed by atoms with van der Waals surface area (Å²) in [6.07, 6.45) is 1.47. The molecule has 3 heterocycles. The van der Waals surface area contributed by atoms with Crippen LogP contribution in [0.15, 0.2) is 53.1 Å². The zero-order valence-electron chi connectivity index (χ0n) is 15.4. The fraction of sp³-hybridized carbons (Fsp3) is 0.350. The Morgan fingerprint density at radius 3 is 2.46 bits per heavy atom. The minimum absolute atomic E-state index is 0.0232. The van der Waals surface area contributed by atoms with Gasteiger partial charge in [0.2, 0.25) is 5.91 Å². The van der Waals surface area contributed by atoms with Crippen molar-refractivity contribution in [2.75, 3.05) is 31.1 Å². The van der Waals surface area contributed by atoms with Crippen LogP contribution in [0.1, 0.15) is 12.2 Å². The predicted octanol–water partition coefficient (Wildman–Crippen LogP) is 1.44. The summed E-state index contributed by atoms with van der Waals surface area (Å²) in [7, 11) is 0. The second-order valence-corrected chi connectivity index (χ2v) is 6.91. The summed E-state index contributed by atoms with van der Waals surface area (Å²) in [5.41, 5.74) is 1.14. The first-order valence-corrected chi connectivity index (χ1v) is 9.34. The van der Waals surface area contributed by atoms with E-state index in [4.69, 9.17) is 4.42 Å². The molecular formula is C20H22N4O4. The largest absolute Gasteiger partial charge is 0.467 e. The number of anilines is 1. The van der Waals surface area contributed by atoms with Crippen molar-refractivity contribution in [1.29, 1.82) is 0 Å². The number of hydrogen-bond acceptors (Lipinski definition) is 5. The molecule has 2 aromatic rings. The zero-order valence-corrected chi connectivity index (χ0v) is 15.4. The molecule has 0 unspecified atom stereocenters. The maximum atomic E-state index is 12.6. The average molecular weight is 382 g/mol. The van der Waals surface area contributed by atoms with Crippen LogP contribution in [0.2, 0.25) is 0 Å². The molecule has 0 spiro atoms. The Labute approximate surface area is 162 Å². The Morgan fingerprint density at radius 2 is 1.79 bits per heavy atom. The van der Waals surface area contributed by atoms with E-state index in [0.29, 0.717) is 18.8 Å². The summed E-state index contributed by atoms with van der Waals surface area (Å²) in [5.74, 6) is 0.0105. The highest BCUT2D eigenvalue weighted by Gasteiger charge is 2.40. The summed E-state index contributed by atoms with van der Waals surface area (Å²) in [6.45, 7) is 2.74. The van der Waals surface area contributed by atoms with Crippen LogP contribution < -0.4 is 10.2 Å². The average Bonchev–Trinajstić information content (AvgIpc) is 3.33. The molecule has 28 heavy (non-hydrogen) atoms. The molecule has 4 amide bonds. The van der Waals surface area contributed by atoms with Crippen LogP contribution in [0, 0.1) is 0 Å². The first-order valence-electron chi connectivity index (χ1n) is 9.34. The van der Waals surface area contributed by atoms with E-state index < -0.39 is 18.0 Å². The van der Waals surface area contributed by atoms with Crippen molar-refractivity contribution in [2.24, 2.45) is 0 Å². The molecule has 2 saturated heterocycles. The monoisotopic (exact) mass is 382 g/mol. The molecular weight excluding hydrogens is 360 g/mol. The number of para-hydroxylation sites is 1. The van der Waals surface area contributed by atoms with Gasteiger partial charge < -0.3 is 19.5 Å². The van der Waals surface area contributed by atoms with E-state index in [0.717, 1.165) is 23.7 Å². The van der Waals surface area contributed by atoms with Crippen LogP contribution in [-0.4, -0.2) is 59.9 Å². The van der Waals surface area contributed by atoms with Crippen LogP contribution in [0.4, 0.5) is 10.5 Å². The molecule has 1 aromatic heterocycles. The lowest BCUT2D eigenvalue weighted by atomic mass is 10.1. The highest BCUT2D eigenvalue weighted by Crippen LogP contribution is 2.18. The smallest absolute Gasteiger partial charge is 0.325 e. The van der Waals surface area contributed by atoms with Gasteiger partial charge >= 0.3 is 6.03 Å². The number of carbonyl (C=O) groups excluding carboxylic acids is 3. The van der Waals surface area contributed by atoms with Crippen molar-refractivity contribution < 1.29 is 18.8 Å². The van der Waals surface area contributed by atoms with Crippen molar-refractivity contribution in [3.8, 4) is 0 Å². The number of imide groups is 1. The van der Waals surface area contributed by atoms with Gasteiger partial charge in [0.15, 0.2) is 0 Å². The number of hydrogen-bond donors (Lipinski definition) is 1. The number of carbonyl (C=O) groups is 3.